The molecule has 4 fully saturated rings. The van der Waals surface area contributed by atoms with Gasteiger partial charge in [-0.15, -0.1) is 0 Å². The Bertz CT molecular complexity index is 761. The molecule has 0 radical (unpaired) electrons. The molecule has 1 spiro atoms. The Hall–Kier alpha value is -2.08. The van der Waals surface area contributed by atoms with E-state index in [4.69, 9.17) is 4.74 Å². The molecule has 1 saturated heterocycles. The highest BCUT2D eigenvalue weighted by atomic mass is 16.5. The zero-order valence-corrected chi connectivity index (χ0v) is 15.5. The second-order valence-electron chi connectivity index (χ2n) is 8.56. The Morgan fingerprint density at radius 3 is 2.89 bits per heavy atom. The number of hydrogen-bond donors (Lipinski definition) is 3. The first kappa shape index (κ1) is 17.0. The summed E-state index contributed by atoms with van der Waals surface area (Å²) in [6, 6.07) is 7.68. The smallest absolute Gasteiger partial charge is 0.255 e. The summed E-state index contributed by atoms with van der Waals surface area (Å²) in [5.74, 6) is 0.788. The predicted molar refractivity (Wildman–Crippen MR) is 101 cm³/mol. The van der Waals surface area contributed by atoms with E-state index >= 15 is 0 Å². The van der Waals surface area contributed by atoms with Crippen molar-refractivity contribution in [2.45, 2.75) is 50.3 Å². The number of hydrogen-bond acceptors (Lipinski definition) is 4. The van der Waals surface area contributed by atoms with Gasteiger partial charge in [-0.25, -0.2) is 0 Å². The van der Waals surface area contributed by atoms with Crippen LogP contribution in [0.15, 0.2) is 24.3 Å². The first-order chi connectivity index (χ1) is 13.1. The fourth-order valence-electron chi connectivity index (χ4n) is 5.62. The van der Waals surface area contributed by atoms with Gasteiger partial charge in [0, 0.05) is 30.7 Å². The maximum absolute atomic E-state index is 12.8. The zero-order chi connectivity index (χ0) is 18.4. The van der Waals surface area contributed by atoms with Crippen molar-refractivity contribution in [3.8, 4) is 0 Å². The summed E-state index contributed by atoms with van der Waals surface area (Å²) in [6.07, 6.45) is 6.06. The molecule has 6 nitrogen and oxygen atoms in total. The lowest BCUT2D eigenvalue weighted by Crippen LogP contribution is -2.68. The van der Waals surface area contributed by atoms with Gasteiger partial charge in [0.15, 0.2) is 0 Å². The lowest BCUT2D eigenvalue weighted by atomic mass is 9.58. The standard InChI is InChI=1S/C21H27N3O3/c25-19(22-12-15-4-3-9-27-15)17-10-14-8-7-13(17)11-21(14)23-18-6-2-1-5-16(18)20(26)24-21/h1-2,5-6,13-15,17,23H,3-4,7-12H2,(H,22,25)(H,24,26)/t13-,14+,15+,17-,21-/m1/s1. The number of anilines is 1. The molecule has 2 amide bonds. The summed E-state index contributed by atoms with van der Waals surface area (Å²) in [5.41, 5.74) is 1.21. The van der Waals surface area contributed by atoms with Crippen LogP contribution in [0.25, 0.3) is 0 Å². The van der Waals surface area contributed by atoms with Crippen LogP contribution in [-0.4, -0.2) is 36.7 Å². The van der Waals surface area contributed by atoms with Crippen LogP contribution in [0, 0.1) is 17.8 Å². The van der Waals surface area contributed by atoms with E-state index in [1.54, 1.807) is 0 Å². The van der Waals surface area contributed by atoms with Gasteiger partial charge in [-0.3, -0.25) is 9.59 Å². The third-order valence-corrected chi connectivity index (χ3v) is 7.01. The summed E-state index contributed by atoms with van der Waals surface area (Å²) < 4.78 is 5.62. The average Bonchev–Trinajstić information content (AvgIpc) is 3.20. The van der Waals surface area contributed by atoms with Crippen LogP contribution in [-0.2, 0) is 9.53 Å². The molecule has 3 aliphatic carbocycles. The quantitative estimate of drug-likeness (QED) is 0.764. The number of nitrogens with one attached hydrogen (secondary N) is 3. The monoisotopic (exact) mass is 369 g/mol. The van der Waals surface area contributed by atoms with Gasteiger partial charge in [-0.2, -0.15) is 0 Å². The van der Waals surface area contributed by atoms with Gasteiger partial charge in [0.1, 0.15) is 5.66 Å². The van der Waals surface area contributed by atoms with Crippen molar-refractivity contribution in [2.24, 2.45) is 17.8 Å². The van der Waals surface area contributed by atoms with Crippen LogP contribution < -0.4 is 16.0 Å². The highest BCUT2D eigenvalue weighted by Crippen LogP contribution is 2.51. The summed E-state index contributed by atoms with van der Waals surface area (Å²) in [5, 5.41) is 10.0. The molecule has 2 heterocycles. The number of carbonyl (C=O) groups is 2. The van der Waals surface area contributed by atoms with Crippen LogP contribution in [0.3, 0.4) is 0 Å². The maximum atomic E-state index is 12.8. The highest BCUT2D eigenvalue weighted by molar-refractivity contribution is 6.02. The van der Waals surface area contributed by atoms with E-state index < -0.39 is 5.66 Å². The van der Waals surface area contributed by atoms with Crippen molar-refractivity contribution in [2.75, 3.05) is 18.5 Å². The van der Waals surface area contributed by atoms with Gasteiger partial charge in [0.2, 0.25) is 5.91 Å². The largest absolute Gasteiger partial charge is 0.376 e. The molecule has 1 aromatic rings. The molecular weight excluding hydrogens is 342 g/mol. The molecule has 5 atom stereocenters. The lowest BCUT2D eigenvalue weighted by molar-refractivity contribution is -0.132. The van der Waals surface area contributed by atoms with E-state index in [2.05, 4.69) is 16.0 Å². The van der Waals surface area contributed by atoms with Crippen LogP contribution in [0.2, 0.25) is 0 Å². The van der Waals surface area contributed by atoms with E-state index in [-0.39, 0.29) is 29.8 Å². The minimum Gasteiger partial charge on any atom is -0.376 e. The molecule has 3 saturated carbocycles. The van der Waals surface area contributed by atoms with E-state index in [0.29, 0.717) is 18.0 Å². The van der Waals surface area contributed by atoms with E-state index in [1.807, 2.05) is 24.3 Å². The molecule has 0 unspecified atom stereocenters. The molecule has 144 valence electrons. The van der Waals surface area contributed by atoms with Crippen LogP contribution >= 0.6 is 0 Å². The zero-order valence-electron chi connectivity index (χ0n) is 15.5. The predicted octanol–water partition coefficient (Wildman–Crippen LogP) is 2.27. The summed E-state index contributed by atoms with van der Waals surface area (Å²) in [7, 11) is 0. The molecule has 0 aromatic heterocycles. The minimum absolute atomic E-state index is 0.00344. The Morgan fingerprint density at radius 2 is 2.11 bits per heavy atom. The lowest BCUT2D eigenvalue weighted by Gasteiger charge is -2.56. The van der Waals surface area contributed by atoms with Gasteiger partial charge >= 0.3 is 0 Å². The molecule has 5 aliphatic rings. The van der Waals surface area contributed by atoms with E-state index in [1.165, 1.54) is 0 Å². The van der Waals surface area contributed by atoms with Crippen molar-refractivity contribution in [3.05, 3.63) is 29.8 Å². The van der Waals surface area contributed by atoms with Gasteiger partial charge in [0.05, 0.1) is 11.7 Å². The first-order valence-electron chi connectivity index (χ1n) is 10.2. The third kappa shape index (κ3) is 2.90. The Labute approximate surface area is 159 Å². The van der Waals surface area contributed by atoms with Crippen molar-refractivity contribution >= 4 is 17.5 Å². The minimum atomic E-state index is -0.403. The average molecular weight is 369 g/mol. The second-order valence-corrected chi connectivity index (χ2v) is 8.56. The Kier molecular flexibility index (Phi) is 4.11. The second kappa shape index (κ2) is 6.51. The van der Waals surface area contributed by atoms with Crippen molar-refractivity contribution in [1.82, 2.24) is 10.6 Å². The summed E-state index contributed by atoms with van der Waals surface area (Å²) in [4.78, 5) is 25.5. The molecule has 1 aromatic carbocycles. The fourth-order valence-corrected chi connectivity index (χ4v) is 5.62. The third-order valence-electron chi connectivity index (χ3n) is 7.01. The SMILES string of the molecule is O=C1N[C@@]2(C[C@H]3CC[C@H]2C[C@H]3C(=O)NC[C@@H]2CCCO2)Nc2ccccc21. The summed E-state index contributed by atoms with van der Waals surface area (Å²) >= 11 is 0. The van der Waals surface area contributed by atoms with Crippen molar-refractivity contribution < 1.29 is 14.3 Å². The molecule has 3 N–H and O–H groups in total. The first-order valence-corrected chi connectivity index (χ1v) is 10.2. The molecular formula is C21H27N3O3. The number of benzene rings is 1. The number of carbonyl (C=O) groups excluding carboxylic acids is 2. The summed E-state index contributed by atoms with van der Waals surface area (Å²) in [6.45, 7) is 1.43. The fraction of sp³-hybridized carbons (Fsp3) is 0.619. The van der Waals surface area contributed by atoms with Gasteiger partial charge in [-0.05, 0) is 56.6 Å². The van der Waals surface area contributed by atoms with Gasteiger partial charge in [-0.1, -0.05) is 12.1 Å². The number of fused-ring (bicyclic) bond motifs is 3. The van der Waals surface area contributed by atoms with Crippen molar-refractivity contribution in [1.29, 1.82) is 0 Å². The molecule has 27 heavy (non-hydrogen) atoms. The Morgan fingerprint density at radius 1 is 1.22 bits per heavy atom. The number of rotatable bonds is 3. The number of para-hydroxylation sites is 1. The van der Waals surface area contributed by atoms with Crippen molar-refractivity contribution in [3.63, 3.8) is 0 Å². The molecule has 2 aliphatic heterocycles. The number of ether oxygens (including phenoxy) is 1. The van der Waals surface area contributed by atoms with Gasteiger partial charge < -0.3 is 20.7 Å². The van der Waals surface area contributed by atoms with E-state index in [9.17, 15) is 9.59 Å². The van der Waals surface area contributed by atoms with Crippen LogP contribution in [0.1, 0.15) is 48.9 Å². The molecule has 2 bridgehead atoms. The Balaban J connectivity index is 1.29. The molecule has 6 rings (SSSR count). The highest BCUT2D eigenvalue weighted by Gasteiger charge is 2.55. The van der Waals surface area contributed by atoms with Crippen LogP contribution in [0.5, 0.6) is 0 Å². The van der Waals surface area contributed by atoms with Crippen LogP contribution in [0.4, 0.5) is 5.69 Å². The van der Waals surface area contributed by atoms with E-state index in [0.717, 1.165) is 50.8 Å². The molecule has 6 heteroatoms. The number of amides is 2. The topological polar surface area (TPSA) is 79.5 Å². The maximum Gasteiger partial charge on any atom is 0.255 e. The van der Waals surface area contributed by atoms with Gasteiger partial charge in [0.25, 0.3) is 5.91 Å². The normalized spacial score (nSPS) is 36.8.